The maximum atomic E-state index is 5.88. The van der Waals surface area contributed by atoms with E-state index in [1.54, 1.807) is 0 Å². The van der Waals surface area contributed by atoms with Crippen molar-refractivity contribution in [3.8, 4) is 0 Å². The van der Waals surface area contributed by atoms with E-state index in [1.165, 1.54) is 11.8 Å². The summed E-state index contributed by atoms with van der Waals surface area (Å²) in [6, 6.07) is 15.3. The Labute approximate surface area is 108 Å². The van der Waals surface area contributed by atoms with Crippen LogP contribution in [0.4, 0.5) is 5.69 Å². The predicted octanol–water partition coefficient (Wildman–Crippen LogP) is 2.76. The van der Waals surface area contributed by atoms with Crippen molar-refractivity contribution in [1.82, 2.24) is 15.2 Å². The minimum absolute atomic E-state index is 0.603. The van der Waals surface area contributed by atoms with Crippen molar-refractivity contribution in [2.45, 2.75) is 10.1 Å². The smallest absolute Gasteiger partial charge is 0.214 e. The van der Waals surface area contributed by atoms with E-state index in [0.717, 1.165) is 21.6 Å². The first-order valence-electron chi connectivity index (χ1n) is 5.45. The molecule has 0 saturated carbocycles. The molecule has 1 aromatic heterocycles. The molecule has 0 bridgehead atoms. The van der Waals surface area contributed by atoms with Crippen LogP contribution < -0.4 is 5.73 Å². The molecule has 0 aliphatic carbocycles. The van der Waals surface area contributed by atoms with Gasteiger partial charge in [-0.1, -0.05) is 24.3 Å². The number of rotatable bonds is 2. The molecule has 18 heavy (non-hydrogen) atoms. The van der Waals surface area contributed by atoms with Crippen molar-refractivity contribution in [2.24, 2.45) is 0 Å². The van der Waals surface area contributed by atoms with Crippen LogP contribution in [-0.4, -0.2) is 15.2 Å². The van der Waals surface area contributed by atoms with Crippen molar-refractivity contribution in [3.05, 3.63) is 48.5 Å². The summed E-state index contributed by atoms with van der Waals surface area (Å²) in [5, 5.41) is 8.83. The van der Waals surface area contributed by atoms with Crippen molar-refractivity contribution in [2.75, 3.05) is 5.73 Å². The van der Waals surface area contributed by atoms with Gasteiger partial charge in [0.05, 0.1) is 5.52 Å². The fourth-order valence-electron chi connectivity index (χ4n) is 1.58. The molecule has 0 amide bonds. The van der Waals surface area contributed by atoms with Gasteiger partial charge in [-0.3, -0.25) is 0 Å². The molecule has 0 radical (unpaired) electrons. The zero-order chi connectivity index (χ0) is 12.4. The van der Waals surface area contributed by atoms with Crippen LogP contribution >= 0.6 is 11.8 Å². The van der Waals surface area contributed by atoms with Gasteiger partial charge in [0.1, 0.15) is 5.52 Å². The van der Waals surface area contributed by atoms with Crippen molar-refractivity contribution >= 4 is 28.5 Å². The third kappa shape index (κ3) is 2.12. The van der Waals surface area contributed by atoms with E-state index in [1.807, 2.05) is 48.5 Å². The van der Waals surface area contributed by atoms with Gasteiger partial charge in [0, 0.05) is 10.6 Å². The first-order valence-corrected chi connectivity index (χ1v) is 6.26. The van der Waals surface area contributed by atoms with E-state index in [4.69, 9.17) is 5.73 Å². The largest absolute Gasteiger partial charge is 0.398 e. The highest BCUT2D eigenvalue weighted by Crippen LogP contribution is 2.29. The summed E-state index contributed by atoms with van der Waals surface area (Å²) in [6.07, 6.45) is 0. The van der Waals surface area contributed by atoms with Crippen LogP contribution in [0, 0.1) is 0 Å². The topological polar surface area (TPSA) is 64.7 Å². The normalized spacial score (nSPS) is 10.7. The molecule has 0 saturated heterocycles. The lowest BCUT2D eigenvalue weighted by atomic mass is 10.3. The first-order chi connectivity index (χ1) is 8.83. The zero-order valence-electron chi connectivity index (χ0n) is 9.45. The second-order valence-corrected chi connectivity index (χ2v) is 4.73. The van der Waals surface area contributed by atoms with Gasteiger partial charge in [-0.25, -0.2) is 4.98 Å². The molecule has 0 aliphatic rings. The molecule has 3 aromatic rings. The molecule has 3 rings (SSSR count). The number of anilines is 1. The second kappa shape index (κ2) is 4.62. The summed E-state index contributed by atoms with van der Waals surface area (Å²) in [5.74, 6) is 0. The summed E-state index contributed by atoms with van der Waals surface area (Å²) in [5.41, 5.74) is 8.24. The highest BCUT2D eigenvalue weighted by atomic mass is 32.2. The molecular weight excluding hydrogens is 244 g/mol. The molecule has 2 N–H and O–H groups in total. The van der Waals surface area contributed by atoms with E-state index >= 15 is 0 Å². The Morgan fingerprint density at radius 1 is 0.833 bits per heavy atom. The van der Waals surface area contributed by atoms with Gasteiger partial charge < -0.3 is 5.73 Å². The van der Waals surface area contributed by atoms with Crippen LogP contribution in [0.3, 0.4) is 0 Å². The number of aromatic nitrogens is 3. The van der Waals surface area contributed by atoms with Crippen LogP contribution in [0.2, 0.25) is 0 Å². The van der Waals surface area contributed by atoms with Crippen LogP contribution in [0.5, 0.6) is 0 Å². The minimum atomic E-state index is 0.603. The van der Waals surface area contributed by atoms with Crippen LogP contribution in [0.25, 0.3) is 11.0 Å². The number of nitrogens with two attached hydrogens (primary N) is 1. The lowest BCUT2D eigenvalue weighted by Gasteiger charge is -2.03. The highest BCUT2D eigenvalue weighted by molar-refractivity contribution is 7.99. The molecule has 5 heteroatoms. The molecule has 0 atom stereocenters. The van der Waals surface area contributed by atoms with Crippen LogP contribution in [0.1, 0.15) is 0 Å². The SMILES string of the molecule is Nc1ccccc1Sc1nnc2ccccc2n1. The third-order valence-electron chi connectivity index (χ3n) is 2.46. The van der Waals surface area contributed by atoms with Gasteiger partial charge in [0.25, 0.3) is 0 Å². The Bertz CT molecular complexity index is 699. The number of nitrogen functional groups attached to an aromatic ring is 1. The Morgan fingerprint density at radius 3 is 2.39 bits per heavy atom. The zero-order valence-corrected chi connectivity index (χ0v) is 10.3. The van der Waals surface area contributed by atoms with E-state index < -0.39 is 0 Å². The number of fused-ring (bicyclic) bond motifs is 1. The molecular formula is C13H10N4S. The summed E-state index contributed by atoms with van der Waals surface area (Å²) in [7, 11) is 0. The highest BCUT2D eigenvalue weighted by Gasteiger charge is 2.05. The van der Waals surface area contributed by atoms with Gasteiger partial charge in [-0.05, 0) is 36.0 Å². The molecule has 1 heterocycles. The lowest BCUT2D eigenvalue weighted by molar-refractivity contribution is 0.880. The first kappa shape index (κ1) is 11.0. The van der Waals surface area contributed by atoms with Crippen LogP contribution in [-0.2, 0) is 0 Å². The van der Waals surface area contributed by atoms with E-state index in [0.29, 0.717) is 5.16 Å². The maximum Gasteiger partial charge on any atom is 0.214 e. The van der Waals surface area contributed by atoms with Crippen molar-refractivity contribution in [1.29, 1.82) is 0 Å². The molecule has 88 valence electrons. The molecule has 0 fully saturated rings. The Balaban J connectivity index is 1.98. The molecule has 0 aliphatic heterocycles. The van der Waals surface area contributed by atoms with Crippen molar-refractivity contribution < 1.29 is 0 Å². The van der Waals surface area contributed by atoms with Gasteiger partial charge in [0.2, 0.25) is 5.16 Å². The Kier molecular flexibility index (Phi) is 2.82. The van der Waals surface area contributed by atoms with E-state index in [2.05, 4.69) is 15.2 Å². The van der Waals surface area contributed by atoms with E-state index in [9.17, 15) is 0 Å². The van der Waals surface area contributed by atoms with Gasteiger partial charge >= 0.3 is 0 Å². The number of nitrogens with zero attached hydrogens (tertiary/aromatic N) is 3. The average molecular weight is 254 g/mol. The Hall–Kier alpha value is -2.14. The van der Waals surface area contributed by atoms with Crippen LogP contribution in [0.15, 0.2) is 58.6 Å². The minimum Gasteiger partial charge on any atom is -0.398 e. The summed E-state index contributed by atoms with van der Waals surface area (Å²) < 4.78 is 0. The molecule has 2 aromatic carbocycles. The van der Waals surface area contributed by atoms with Gasteiger partial charge in [-0.2, -0.15) is 0 Å². The molecule has 0 unspecified atom stereocenters. The number of benzene rings is 2. The second-order valence-electron chi connectivity index (χ2n) is 3.72. The summed E-state index contributed by atoms with van der Waals surface area (Å²) >= 11 is 1.42. The number of hydrogen-bond acceptors (Lipinski definition) is 5. The predicted molar refractivity (Wildman–Crippen MR) is 72.3 cm³/mol. The lowest BCUT2D eigenvalue weighted by Crippen LogP contribution is -1.93. The standard InChI is InChI=1S/C13H10N4S/c14-9-5-1-4-8-12(9)18-13-15-10-6-2-3-7-11(10)16-17-13/h1-8H,14H2. The third-order valence-corrected chi connectivity index (χ3v) is 3.41. The summed E-state index contributed by atoms with van der Waals surface area (Å²) in [6.45, 7) is 0. The van der Waals surface area contributed by atoms with Gasteiger partial charge in [0.15, 0.2) is 0 Å². The Morgan fingerprint density at radius 2 is 1.56 bits per heavy atom. The molecule has 0 spiro atoms. The van der Waals surface area contributed by atoms with Crippen molar-refractivity contribution in [3.63, 3.8) is 0 Å². The number of para-hydroxylation sites is 2. The number of hydrogen-bond donors (Lipinski definition) is 1. The van der Waals surface area contributed by atoms with E-state index in [-0.39, 0.29) is 0 Å². The monoisotopic (exact) mass is 254 g/mol. The van der Waals surface area contributed by atoms with Gasteiger partial charge in [-0.15, -0.1) is 10.2 Å². The fourth-order valence-corrected chi connectivity index (χ4v) is 2.34. The average Bonchev–Trinajstić information content (AvgIpc) is 2.41. The fraction of sp³-hybridized carbons (Fsp3) is 0. The quantitative estimate of drug-likeness (QED) is 0.712. The maximum absolute atomic E-state index is 5.88. The summed E-state index contributed by atoms with van der Waals surface area (Å²) in [4.78, 5) is 5.38. The molecule has 4 nitrogen and oxygen atoms in total.